The van der Waals surface area contributed by atoms with Gasteiger partial charge in [-0.25, -0.2) is 4.79 Å². The standard InChI is InChI=1S/C16H15NO5/c1-10(16(19)20-3)15(21-11(2)18)14-9-13(17-22-14)12-7-5-4-6-8-12/h4-9,15H,1H2,2-3H3. The predicted molar refractivity (Wildman–Crippen MR) is 77.6 cm³/mol. The highest BCUT2D eigenvalue weighted by Gasteiger charge is 2.28. The molecule has 114 valence electrons. The van der Waals surface area contributed by atoms with Crippen LogP contribution in [0.2, 0.25) is 0 Å². The van der Waals surface area contributed by atoms with Gasteiger partial charge in [0.2, 0.25) is 0 Å². The van der Waals surface area contributed by atoms with Gasteiger partial charge < -0.3 is 14.0 Å². The Balaban J connectivity index is 2.32. The smallest absolute Gasteiger partial charge is 0.337 e. The largest absolute Gasteiger partial charge is 0.466 e. The molecule has 6 nitrogen and oxygen atoms in total. The van der Waals surface area contributed by atoms with E-state index in [1.54, 1.807) is 6.07 Å². The van der Waals surface area contributed by atoms with E-state index in [1.807, 2.05) is 30.3 Å². The van der Waals surface area contributed by atoms with E-state index in [1.165, 1.54) is 14.0 Å². The fraction of sp³-hybridized carbons (Fsp3) is 0.188. The van der Waals surface area contributed by atoms with Gasteiger partial charge in [-0.2, -0.15) is 0 Å². The molecule has 0 amide bonds. The molecule has 0 N–H and O–H groups in total. The van der Waals surface area contributed by atoms with Crippen LogP contribution in [0.3, 0.4) is 0 Å². The predicted octanol–water partition coefficient (Wildman–Crippen LogP) is 2.68. The Bertz CT molecular complexity index is 690. The summed E-state index contributed by atoms with van der Waals surface area (Å²) in [6, 6.07) is 10.9. The number of carbonyl (C=O) groups excluding carboxylic acids is 2. The van der Waals surface area contributed by atoms with Crippen molar-refractivity contribution in [2.45, 2.75) is 13.0 Å². The average Bonchev–Trinajstić information content (AvgIpc) is 3.01. The van der Waals surface area contributed by atoms with Crippen LogP contribution in [-0.2, 0) is 19.1 Å². The molecule has 6 heteroatoms. The van der Waals surface area contributed by atoms with E-state index in [9.17, 15) is 9.59 Å². The molecule has 2 rings (SSSR count). The first-order chi connectivity index (χ1) is 10.5. The minimum absolute atomic E-state index is 0.0477. The minimum Gasteiger partial charge on any atom is -0.466 e. The molecule has 0 aliphatic rings. The fourth-order valence-electron chi connectivity index (χ4n) is 1.86. The molecule has 0 bridgehead atoms. The van der Waals surface area contributed by atoms with Crippen LogP contribution in [0.25, 0.3) is 11.3 Å². The van der Waals surface area contributed by atoms with E-state index in [0.29, 0.717) is 5.69 Å². The summed E-state index contributed by atoms with van der Waals surface area (Å²) in [5, 5.41) is 3.92. The highest BCUT2D eigenvalue weighted by Crippen LogP contribution is 2.29. The van der Waals surface area contributed by atoms with Crippen molar-refractivity contribution in [3.63, 3.8) is 0 Å². The van der Waals surface area contributed by atoms with E-state index in [-0.39, 0.29) is 11.3 Å². The number of nitrogens with zero attached hydrogens (tertiary/aromatic N) is 1. The van der Waals surface area contributed by atoms with Gasteiger partial charge in [0.05, 0.1) is 12.7 Å². The normalized spacial score (nSPS) is 11.5. The zero-order valence-corrected chi connectivity index (χ0v) is 12.2. The summed E-state index contributed by atoms with van der Waals surface area (Å²) in [5.41, 5.74) is 1.35. The van der Waals surface area contributed by atoms with Crippen LogP contribution in [0.15, 0.2) is 53.1 Å². The van der Waals surface area contributed by atoms with Gasteiger partial charge in [0.15, 0.2) is 11.9 Å². The zero-order valence-electron chi connectivity index (χ0n) is 12.2. The summed E-state index contributed by atoms with van der Waals surface area (Å²) in [7, 11) is 1.22. The third kappa shape index (κ3) is 3.41. The molecule has 0 radical (unpaired) electrons. The van der Waals surface area contributed by atoms with Gasteiger partial charge in [0, 0.05) is 18.6 Å². The lowest BCUT2D eigenvalue weighted by Crippen LogP contribution is -2.17. The van der Waals surface area contributed by atoms with Crippen molar-refractivity contribution in [2.24, 2.45) is 0 Å². The third-order valence-electron chi connectivity index (χ3n) is 2.90. The average molecular weight is 301 g/mol. The van der Waals surface area contributed by atoms with Crippen molar-refractivity contribution in [3.05, 3.63) is 54.3 Å². The molecule has 0 fully saturated rings. The zero-order chi connectivity index (χ0) is 16.1. The van der Waals surface area contributed by atoms with Crippen molar-refractivity contribution in [2.75, 3.05) is 7.11 Å². The van der Waals surface area contributed by atoms with Crippen molar-refractivity contribution >= 4 is 11.9 Å². The Labute approximate surface area is 127 Å². The molecule has 0 saturated heterocycles. The second-order valence-electron chi connectivity index (χ2n) is 4.49. The van der Waals surface area contributed by atoms with Crippen molar-refractivity contribution < 1.29 is 23.6 Å². The number of carbonyl (C=O) groups is 2. The number of benzene rings is 1. The summed E-state index contributed by atoms with van der Waals surface area (Å²) in [6.45, 7) is 4.83. The Morgan fingerprint density at radius 2 is 1.95 bits per heavy atom. The SMILES string of the molecule is C=C(C(=O)OC)C(OC(C)=O)c1cc(-c2ccccc2)no1. The lowest BCUT2D eigenvalue weighted by Gasteiger charge is -2.14. The van der Waals surface area contributed by atoms with Gasteiger partial charge in [0.25, 0.3) is 0 Å². The number of rotatable bonds is 5. The van der Waals surface area contributed by atoms with E-state index in [0.717, 1.165) is 5.56 Å². The van der Waals surface area contributed by atoms with Gasteiger partial charge in [-0.1, -0.05) is 42.1 Å². The number of methoxy groups -OCH3 is 1. The molecule has 2 aromatic rings. The minimum atomic E-state index is -1.07. The van der Waals surface area contributed by atoms with Crippen LogP contribution in [-0.4, -0.2) is 24.2 Å². The van der Waals surface area contributed by atoms with Crippen molar-refractivity contribution in [1.82, 2.24) is 5.16 Å². The Kier molecular flexibility index (Phi) is 4.73. The van der Waals surface area contributed by atoms with Gasteiger partial charge in [-0.15, -0.1) is 0 Å². The summed E-state index contributed by atoms with van der Waals surface area (Å²) < 4.78 is 14.9. The van der Waals surface area contributed by atoms with Crippen LogP contribution in [0.5, 0.6) is 0 Å². The number of hydrogen-bond donors (Lipinski definition) is 0. The molecule has 1 aromatic carbocycles. The summed E-state index contributed by atoms with van der Waals surface area (Å²) >= 11 is 0. The van der Waals surface area contributed by atoms with Gasteiger partial charge >= 0.3 is 11.9 Å². The highest BCUT2D eigenvalue weighted by molar-refractivity contribution is 5.89. The molecule has 0 saturated carbocycles. The highest BCUT2D eigenvalue weighted by atomic mass is 16.6. The van der Waals surface area contributed by atoms with E-state index in [4.69, 9.17) is 9.26 Å². The summed E-state index contributed by atoms with van der Waals surface area (Å²) in [6.07, 6.45) is -1.07. The van der Waals surface area contributed by atoms with Crippen molar-refractivity contribution in [3.8, 4) is 11.3 Å². The molecule has 0 aliphatic heterocycles. The second-order valence-corrected chi connectivity index (χ2v) is 4.49. The third-order valence-corrected chi connectivity index (χ3v) is 2.90. The first kappa shape index (κ1) is 15.5. The quantitative estimate of drug-likeness (QED) is 0.624. The molecule has 22 heavy (non-hydrogen) atoms. The molecule has 0 aliphatic carbocycles. The lowest BCUT2D eigenvalue weighted by molar-refractivity contribution is -0.148. The summed E-state index contributed by atoms with van der Waals surface area (Å²) in [4.78, 5) is 22.9. The first-order valence-electron chi connectivity index (χ1n) is 6.49. The van der Waals surface area contributed by atoms with Crippen LogP contribution in [0.4, 0.5) is 0 Å². The molecule has 1 heterocycles. The van der Waals surface area contributed by atoms with Crippen LogP contribution in [0.1, 0.15) is 18.8 Å². The van der Waals surface area contributed by atoms with Gasteiger partial charge in [-0.3, -0.25) is 4.79 Å². The monoisotopic (exact) mass is 301 g/mol. The topological polar surface area (TPSA) is 78.6 Å². The van der Waals surface area contributed by atoms with E-state index in [2.05, 4.69) is 16.5 Å². The maximum atomic E-state index is 11.6. The van der Waals surface area contributed by atoms with Gasteiger partial charge in [-0.05, 0) is 0 Å². The number of esters is 2. The Hall–Kier alpha value is -2.89. The number of hydrogen-bond acceptors (Lipinski definition) is 6. The Morgan fingerprint density at radius 1 is 1.27 bits per heavy atom. The maximum Gasteiger partial charge on any atom is 0.337 e. The van der Waals surface area contributed by atoms with Gasteiger partial charge in [0.1, 0.15) is 5.69 Å². The molecule has 1 atom stereocenters. The number of aromatic nitrogens is 1. The number of ether oxygens (including phenoxy) is 2. The second kappa shape index (κ2) is 6.71. The lowest BCUT2D eigenvalue weighted by atomic mass is 10.1. The van der Waals surface area contributed by atoms with Crippen LogP contribution < -0.4 is 0 Å². The van der Waals surface area contributed by atoms with E-state index < -0.39 is 18.0 Å². The molecule has 0 spiro atoms. The van der Waals surface area contributed by atoms with Crippen LogP contribution >= 0.6 is 0 Å². The summed E-state index contributed by atoms with van der Waals surface area (Å²) in [5.74, 6) is -1.07. The molecule has 1 unspecified atom stereocenters. The molecular formula is C16H15NO5. The van der Waals surface area contributed by atoms with Crippen molar-refractivity contribution in [1.29, 1.82) is 0 Å². The first-order valence-corrected chi connectivity index (χ1v) is 6.49. The molecule has 1 aromatic heterocycles. The fourth-order valence-corrected chi connectivity index (χ4v) is 1.86. The molecular weight excluding hydrogens is 286 g/mol. The Morgan fingerprint density at radius 3 is 2.55 bits per heavy atom. The maximum absolute atomic E-state index is 11.6. The van der Waals surface area contributed by atoms with Crippen LogP contribution in [0, 0.1) is 0 Å². The van der Waals surface area contributed by atoms with E-state index >= 15 is 0 Å².